The molecule has 0 aliphatic rings. The molecule has 0 heterocycles. The largest absolute Gasteiger partial charge is 0.480 e. The lowest BCUT2D eigenvalue weighted by Crippen LogP contribution is -2.36. The Morgan fingerprint density at radius 3 is 1.81 bits per heavy atom. The highest BCUT2D eigenvalue weighted by Crippen LogP contribution is 2.16. The Kier molecular flexibility index (Phi) is 10.9. The van der Waals surface area contributed by atoms with Crippen molar-refractivity contribution in [3.8, 4) is 0 Å². The van der Waals surface area contributed by atoms with Crippen LogP contribution in [0, 0.1) is 22.0 Å². The van der Waals surface area contributed by atoms with Gasteiger partial charge in [0.2, 0.25) is 5.91 Å². The van der Waals surface area contributed by atoms with Crippen molar-refractivity contribution >= 4 is 23.3 Å². The summed E-state index contributed by atoms with van der Waals surface area (Å²) in [5.41, 5.74) is 11.4. The predicted octanol–water partition coefficient (Wildman–Crippen LogP) is 2.35. The maximum Gasteiger partial charge on any atom is 0.320 e. The third-order valence-corrected chi connectivity index (χ3v) is 3.45. The molecule has 1 aromatic rings. The second-order valence-corrected chi connectivity index (χ2v) is 7.10. The normalized spacial score (nSPS) is 12.7. The van der Waals surface area contributed by atoms with Gasteiger partial charge in [-0.1, -0.05) is 27.7 Å². The molecular formula is C18H30N4O5. The summed E-state index contributed by atoms with van der Waals surface area (Å²) in [5.74, 6) is -0.500. The van der Waals surface area contributed by atoms with Gasteiger partial charge in [0.05, 0.1) is 11.0 Å². The molecule has 152 valence electrons. The van der Waals surface area contributed by atoms with E-state index >= 15 is 0 Å². The zero-order valence-electron chi connectivity index (χ0n) is 16.2. The Balaban J connectivity index is 0.000000636. The van der Waals surface area contributed by atoms with Gasteiger partial charge in [-0.25, -0.2) is 0 Å². The summed E-state index contributed by atoms with van der Waals surface area (Å²) in [6.07, 6.45) is 1.15. The number of anilines is 1. The molecule has 9 nitrogen and oxygen atoms in total. The van der Waals surface area contributed by atoms with Crippen molar-refractivity contribution in [3.63, 3.8) is 0 Å². The van der Waals surface area contributed by atoms with Crippen molar-refractivity contribution in [3.05, 3.63) is 34.4 Å². The van der Waals surface area contributed by atoms with Crippen LogP contribution in [0.25, 0.3) is 0 Å². The average Bonchev–Trinajstić information content (AvgIpc) is 2.54. The zero-order chi connectivity index (χ0) is 21.1. The molecule has 2 atom stereocenters. The molecule has 0 radical (unpaired) electrons. The van der Waals surface area contributed by atoms with Gasteiger partial charge in [-0.2, -0.15) is 0 Å². The minimum atomic E-state index is -0.913. The van der Waals surface area contributed by atoms with Gasteiger partial charge in [0, 0.05) is 17.8 Å². The molecule has 0 bridgehead atoms. The van der Waals surface area contributed by atoms with E-state index in [2.05, 4.69) is 5.32 Å². The molecule has 0 fully saturated rings. The summed E-state index contributed by atoms with van der Waals surface area (Å²) in [6.45, 7) is 7.86. The van der Waals surface area contributed by atoms with E-state index in [0.29, 0.717) is 30.4 Å². The summed E-state index contributed by atoms with van der Waals surface area (Å²) in [5, 5.41) is 21.4. The molecule has 0 spiro atoms. The first-order valence-corrected chi connectivity index (χ1v) is 8.73. The highest BCUT2D eigenvalue weighted by atomic mass is 16.6. The Hall–Kier alpha value is -2.52. The highest BCUT2D eigenvalue weighted by Gasteiger charge is 2.15. The summed E-state index contributed by atoms with van der Waals surface area (Å²) in [6, 6.07) is 4.38. The van der Waals surface area contributed by atoms with Gasteiger partial charge in [-0.05, 0) is 36.8 Å². The first kappa shape index (κ1) is 24.5. The van der Waals surface area contributed by atoms with Gasteiger partial charge in [-0.3, -0.25) is 19.7 Å². The summed E-state index contributed by atoms with van der Waals surface area (Å²) < 4.78 is 0. The number of carbonyl (C=O) groups is 2. The standard InChI is InChI=1S/C12H17N3O3.C6H13NO2/c1-8(2)7-11(13)12(16)14-9-3-5-10(6-4-9)15(17)18;1-4(2)3-5(7)6(8)9/h3-6,8,11H,7,13H2,1-2H3,(H,14,16);4-5H,3,7H2,1-2H3,(H,8,9)/t11-;5-/m00/s1. The first-order valence-electron chi connectivity index (χ1n) is 8.73. The van der Waals surface area contributed by atoms with Crippen LogP contribution in [0.2, 0.25) is 0 Å². The van der Waals surface area contributed by atoms with E-state index in [1.54, 1.807) is 0 Å². The zero-order valence-corrected chi connectivity index (χ0v) is 16.2. The first-order chi connectivity index (χ1) is 12.4. The summed E-state index contributed by atoms with van der Waals surface area (Å²) in [4.78, 5) is 31.8. The molecule has 0 aromatic heterocycles. The second-order valence-electron chi connectivity index (χ2n) is 7.10. The smallest absolute Gasteiger partial charge is 0.320 e. The maximum atomic E-state index is 11.7. The Morgan fingerprint density at radius 2 is 1.48 bits per heavy atom. The molecule has 9 heteroatoms. The molecule has 0 aliphatic heterocycles. The summed E-state index contributed by atoms with van der Waals surface area (Å²) in [7, 11) is 0. The molecule has 6 N–H and O–H groups in total. The molecule has 1 aromatic carbocycles. The van der Waals surface area contributed by atoms with Crippen molar-refractivity contribution < 1.29 is 19.6 Å². The third kappa shape index (κ3) is 10.9. The second kappa shape index (κ2) is 12.0. The molecule has 1 rings (SSSR count). The average molecular weight is 382 g/mol. The number of carboxylic acids is 1. The Morgan fingerprint density at radius 1 is 1.04 bits per heavy atom. The van der Waals surface area contributed by atoms with E-state index in [4.69, 9.17) is 16.6 Å². The Bertz CT molecular complexity index is 617. The van der Waals surface area contributed by atoms with Crippen molar-refractivity contribution in [1.82, 2.24) is 0 Å². The number of hydrogen-bond donors (Lipinski definition) is 4. The number of benzene rings is 1. The fourth-order valence-electron chi connectivity index (χ4n) is 2.13. The number of amides is 1. The number of nitrogens with two attached hydrogens (primary N) is 2. The van der Waals surface area contributed by atoms with E-state index in [-0.39, 0.29) is 11.6 Å². The number of non-ortho nitro benzene ring substituents is 1. The number of nitrogens with zero attached hydrogens (tertiary/aromatic N) is 1. The SMILES string of the molecule is CC(C)C[C@H](N)C(=O)Nc1ccc([N+](=O)[O-])cc1.CC(C)C[C@H](N)C(=O)O. The molecule has 27 heavy (non-hydrogen) atoms. The molecular weight excluding hydrogens is 352 g/mol. The molecule has 1 amide bonds. The number of nitrogens with one attached hydrogen (secondary N) is 1. The highest BCUT2D eigenvalue weighted by molar-refractivity contribution is 5.94. The van der Waals surface area contributed by atoms with E-state index < -0.39 is 23.0 Å². The van der Waals surface area contributed by atoms with E-state index in [9.17, 15) is 19.7 Å². The van der Waals surface area contributed by atoms with E-state index in [1.165, 1.54) is 24.3 Å². The number of rotatable bonds is 8. The van der Waals surface area contributed by atoms with Crippen LogP contribution in [0.1, 0.15) is 40.5 Å². The van der Waals surface area contributed by atoms with Crippen LogP contribution in [0.15, 0.2) is 24.3 Å². The molecule has 0 saturated heterocycles. The van der Waals surface area contributed by atoms with Crippen LogP contribution < -0.4 is 16.8 Å². The number of carboxylic acid groups (broad SMARTS) is 1. The van der Waals surface area contributed by atoms with Crippen LogP contribution in [0.5, 0.6) is 0 Å². The monoisotopic (exact) mass is 382 g/mol. The van der Waals surface area contributed by atoms with Gasteiger partial charge >= 0.3 is 5.97 Å². The Labute approximate surface area is 159 Å². The van der Waals surface area contributed by atoms with Crippen molar-refractivity contribution in [1.29, 1.82) is 0 Å². The van der Waals surface area contributed by atoms with Crippen LogP contribution >= 0.6 is 0 Å². The van der Waals surface area contributed by atoms with Crippen LogP contribution in [0.3, 0.4) is 0 Å². The van der Waals surface area contributed by atoms with Gasteiger partial charge in [0.1, 0.15) is 6.04 Å². The van der Waals surface area contributed by atoms with Crippen LogP contribution in [-0.4, -0.2) is 34.0 Å². The van der Waals surface area contributed by atoms with Gasteiger partial charge in [-0.15, -0.1) is 0 Å². The van der Waals surface area contributed by atoms with E-state index in [0.717, 1.165) is 0 Å². The lowest BCUT2D eigenvalue weighted by Gasteiger charge is -2.13. The number of hydrogen-bond acceptors (Lipinski definition) is 6. The number of aliphatic carboxylic acids is 1. The number of nitro benzene ring substituents is 1. The maximum absolute atomic E-state index is 11.7. The third-order valence-electron chi connectivity index (χ3n) is 3.45. The number of carbonyl (C=O) groups excluding carboxylic acids is 1. The minimum absolute atomic E-state index is 0.0144. The van der Waals surface area contributed by atoms with Crippen LogP contribution in [0.4, 0.5) is 11.4 Å². The fourth-order valence-corrected chi connectivity index (χ4v) is 2.13. The predicted molar refractivity (Wildman–Crippen MR) is 104 cm³/mol. The lowest BCUT2D eigenvalue weighted by molar-refractivity contribution is -0.384. The van der Waals surface area contributed by atoms with Crippen molar-refractivity contribution in [2.75, 3.05) is 5.32 Å². The van der Waals surface area contributed by atoms with Gasteiger partial charge < -0.3 is 21.9 Å². The van der Waals surface area contributed by atoms with E-state index in [1.807, 2.05) is 27.7 Å². The molecule has 0 aliphatic carbocycles. The minimum Gasteiger partial charge on any atom is -0.480 e. The molecule has 0 unspecified atom stereocenters. The molecule has 0 saturated carbocycles. The topological polar surface area (TPSA) is 162 Å². The van der Waals surface area contributed by atoms with Crippen LogP contribution in [-0.2, 0) is 9.59 Å². The number of nitro groups is 1. The summed E-state index contributed by atoms with van der Waals surface area (Å²) >= 11 is 0. The van der Waals surface area contributed by atoms with Crippen molar-refractivity contribution in [2.45, 2.75) is 52.6 Å². The lowest BCUT2D eigenvalue weighted by atomic mass is 10.0. The quantitative estimate of drug-likeness (QED) is 0.396. The fraction of sp³-hybridized carbons (Fsp3) is 0.556. The van der Waals surface area contributed by atoms with Gasteiger partial charge in [0.15, 0.2) is 0 Å². The van der Waals surface area contributed by atoms with Gasteiger partial charge in [0.25, 0.3) is 5.69 Å². The van der Waals surface area contributed by atoms with Crippen molar-refractivity contribution in [2.24, 2.45) is 23.3 Å².